The highest BCUT2D eigenvalue weighted by Gasteiger charge is 2.30. The molecule has 1 N–H and O–H groups in total. The molecular weight excluding hydrogens is 584 g/mol. The van der Waals surface area contributed by atoms with Crippen molar-refractivity contribution < 1.29 is 22.7 Å². The lowest BCUT2D eigenvalue weighted by atomic mass is 10.1. The standard InChI is InChI=1S/C28H25Cl2F3N4O2S/c1-2-3-13-39-22-10-7-19(8-11-22)26(38)34-16-25-35-36-27(37(25)21-9-12-23(29)24(30)15-21)40-17-18-5-4-6-20(14-18)28(31,32)33/h4-12,14-15H,2-3,13,16-17H2,1H3,(H,34,38). The molecule has 0 spiro atoms. The van der Waals surface area contributed by atoms with E-state index in [9.17, 15) is 18.0 Å². The van der Waals surface area contributed by atoms with Crippen LogP contribution in [0.1, 0.15) is 47.1 Å². The van der Waals surface area contributed by atoms with E-state index in [0.29, 0.717) is 50.2 Å². The molecule has 12 heteroatoms. The zero-order valence-electron chi connectivity index (χ0n) is 21.3. The number of carbonyl (C=O) groups is 1. The molecule has 6 nitrogen and oxygen atoms in total. The number of hydrogen-bond donors (Lipinski definition) is 1. The van der Waals surface area contributed by atoms with Crippen LogP contribution in [0.2, 0.25) is 10.0 Å². The summed E-state index contributed by atoms with van der Waals surface area (Å²) in [5, 5.41) is 12.4. The first kappa shape index (κ1) is 29.8. The Morgan fingerprint density at radius 3 is 2.50 bits per heavy atom. The smallest absolute Gasteiger partial charge is 0.416 e. The van der Waals surface area contributed by atoms with Crippen LogP contribution < -0.4 is 10.1 Å². The fourth-order valence-electron chi connectivity index (χ4n) is 3.68. The summed E-state index contributed by atoms with van der Waals surface area (Å²) in [6.45, 7) is 2.72. The molecule has 1 amide bonds. The molecule has 1 aromatic heterocycles. The largest absolute Gasteiger partial charge is 0.494 e. The van der Waals surface area contributed by atoms with Gasteiger partial charge in [0.2, 0.25) is 0 Å². The van der Waals surface area contributed by atoms with E-state index in [2.05, 4.69) is 22.4 Å². The molecule has 0 aliphatic heterocycles. The topological polar surface area (TPSA) is 69.0 Å². The van der Waals surface area contributed by atoms with Gasteiger partial charge in [-0.3, -0.25) is 9.36 Å². The second kappa shape index (κ2) is 13.4. The Kier molecular flexibility index (Phi) is 9.99. The average Bonchev–Trinajstić information content (AvgIpc) is 3.35. The molecule has 40 heavy (non-hydrogen) atoms. The van der Waals surface area contributed by atoms with Crippen LogP contribution in [-0.4, -0.2) is 27.3 Å². The Hall–Kier alpha value is -3.21. The lowest BCUT2D eigenvalue weighted by Gasteiger charge is -2.13. The molecule has 4 rings (SSSR count). The van der Waals surface area contributed by atoms with E-state index >= 15 is 0 Å². The number of thioether (sulfide) groups is 1. The molecule has 0 fully saturated rings. The number of hydrogen-bond acceptors (Lipinski definition) is 5. The zero-order valence-corrected chi connectivity index (χ0v) is 23.7. The van der Waals surface area contributed by atoms with E-state index in [0.717, 1.165) is 25.0 Å². The van der Waals surface area contributed by atoms with Gasteiger partial charge in [-0.25, -0.2) is 0 Å². The number of alkyl halides is 3. The second-order valence-electron chi connectivity index (χ2n) is 8.73. The van der Waals surface area contributed by atoms with Crippen molar-refractivity contribution in [3.63, 3.8) is 0 Å². The third-order valence-electron chi connectivity index (χ3n) is 5.77. The van der Waals surface area contributed by atoms with Crippen molar-refractivity contribution in [2.75, 3.05) is 6.61 Å². The maximum Gasteiger partial charge on any atom is 0.416 e. The Morgan fingerprint density at radius 1 is 1.02 bits per heavy atom. The highest BCUT2D eigenvalue weighted by molar-refractivity contribution is 7.98. The Bertz CT molecular complexity index is 1460. The van der Waals surface area contributed by atoms with Crippen LogP contribution in [0.15, 0.2) is 71.9 Å². The predicted molar refractivity (Wildman–Crippen MR) is 150 cm³/mol. The predicted octanol–water partition coefficient (Wildman–Crippen LogP) is 7.99. The number of rotatable bonds is 11. The van der Waals surface area contributed by atoms with Gasteiger partial charge in [-0.15, -0.1) is 10.2 Å². The van der Waals surface area contributed by atoms with Gasteiger partial charge in [0.05, 0.1) is 34.4 Å². The molecule has 0 bridgehead atoms. The number of nitrogens with zero attached hydrogens (tertiary/aromatic N) is 3. The summed E-state index contributed by atoms with van der Waals surface area (Å²) in [4.78, 5) is 12.8. The quantitative estimate of drug-likeness (QED) is 0.138. The fraction of sp³-hybridized carbons (Fsp3) is 0.250. The Balaban J connectivity index is 1.52. The van der Waals surface area contributed by atoms with Crippen LogP contribution in [0, 0.1) is 0 Å². The van der Waals surface area contributed by atoms with Gasteiger partial charge in [-0.1, -0.05) is 66.5 Å². The molecule has 0 aliphatic rings. The van der Waals surface area contributed by atoms with Crippen LogP contribution >= 0.6 is 35.0 Å². The summed E-state index contributed by atoms with van der Waals surface area (Å²) in [5.41, 5.74) is 0.785. The number of carbonyl (C=O) groups excluding carboxylic acids is 1. The molecule has 1 heterocycles. The summed E-state index contributed by atoms with van der Waals surface area (Å²) < 4.78 is 46.8. The number of unbranched alkanes of at least 4 members (excludes halogenated alkanes) is 1. The first-order valence-electron chi connectivity index (χ1n) is 12.4. The number of halogens is 5. The van der Waals surface area contributed by atoms with Crippen LogP contribution in [0.5, 0.6) is 5.75 Å². The summed E-state index contributed by atoms with van der Waals surface area (Å²) in [7, 11) is 0. The van der Waals surface area contributed by atoms with Gasteiger partial charge in [-0.2, -0.15) is 13.2 Å². The molecule has 0 saturated heterocycles. The first-order valence-corrected chi connectivity index (χ1v) is 14.1. The second-order valence-corrected chi connectivity index (χ2v) is 10.5. The molecule has 0 saturated carbocycles. The molecule has 3 aromatic carbocycles. The van der Waals surface area contributed by atoms with E-state index in [1.54, 1.807) is 53.1 Å². The maximum absolute atomic E-state index is 13.1. The van der Waals surface area contributed by atoms with Crippen molar-refractivity contribution in [2.24, 2.45) is 0 Å². The molecule has 0 unspecified atom stereocenters. The highest BCUT2D eigenvalue weighted by atomic mass is 35.5. The van der Waals surface area contributed by atoms with Gasteiger partial charge in [-0.05, 0) is 60.5 Å². The van der Waals surface area contributed by atoms with Crippen molar-refractivity contribution >= 4 is 40.9 Å². The minimum absolute atomic E-state index is 0.0327. The normalized spacial score (nSPS) is 11.4. The molecule has 210 valence electrons. The van der Waals surface area contributed by atoms with Gasteiger partial charge < -0.3 is 10.1 Å². The minimum atomic E-state index is -4.44. The van der Waals surface area contributed by atoms with Crippen molar-refractivity contribution in [1.29, 1.82) is 0 Å². The van der Waals surface area contributed by atoms with Crippen molar-refractivity contribution in [1.82, 2.24) is 20.1 Å². The van der Waals surface area contributed by atoms with Crippen LogP contribution in [0.4, 0.5) is 13.2 Å². The molecule has 0 atom stereocenters. The number of ether oxygens (including phenoxy) is 1. The van der Waals surface area contributed by atoms with Gasteiger partial charge in [0, 0.05) is 11.3 Å². The van der Waals surface area contributed by atoms with Crippen molar-refractivity contribution in [2.45, 2.75) is 43.4 Å². The number of amides is 1. The molecule has 0 radical (unpaired) electrons. The van der Waals surface area contributed by atoms with Gasteiger partial charge >= 0.3 is 6.18 Å². The number of aromatic nitrogens is 3. The highest BCUT2D eigenvalue weighted by Crippen LogP contribution is 2.32. The Labute approximate surface area is 243 Å². The maximum atomic E-state index is 13.1. The Morgan fingerprint density at radius 2 is 1.80 bits per heavy atom. The van der Waals surface area contributed by atoms with Crippen LogP contribution in [-0.2, 0) is 18.5 Å². The average molecular weight is 610 g/mol. The lowest BCUT2D eigenvalue weighted by molar-refractivity contribution is -0.137. The van der Waals surface area contributed by atoms with Gasteiger partial charge in [0.25, 0.3) is 5.91 Å². The summed E-state index contributed by atoms with van der Waals surface area (Å²) in [6.07, 6.45) is -2.46. The summed E-state index contributed by atoms with van der Waals surface area (Å²) in [5.74, 6) is 0.981. The third kappa shape index (κ3) is 7.71. The number of nitrogens with one attached hydrogen (secondary N) is 1. The summed E-state index contributed by atoms with van der Waals surface area (Å²) in [6, 6.07) is 16.9. The van der Waals surface area contributed by atoms with Gasteiger partial charge in [0.15, 0.2) is 11.0 Å². The molecule has 0 aliphatic carbocycles. The van der Waals surface area contributed by atoms with E-state index in [4.69, 9.17) is 27.9 Å². The summed E-state index contributed by atoms with van der Waals surface area (Å²) >= 11 is 13.6. The first-order chi connectivity index (χ1) is 19.2. The van der Waals surface area contributed by atoms with Crippen molar-refractivity contribution in [3.05, 3.63) is 99.3 Å². The monoisotopic (exact) mass is 608 g/mol. The SMILES string of the molecule is CCCCOc1ccc(C(=O)NCc2nnc(SCc3cccc(C(F)(F)F)c3)n2-c2ccc(Cl)c(Cl)c2)cc1. The number of benzene rings is 3. The van der Waals surface area contributed by atoms with Gasteiger partial charge in [0.1, 0.15) is 5.75 Å². The fourth-order valence-corrected chi connectivity index (χ4v) is 4.88. The third-order valence-corrected chi connectivity index (χ3v) is 7.51. The van der Waals surface area contributed by atoms with E-state index in [1.807, 2.05) is 0 Å². The van der Waals surface area contributed by atoms with E-state index < -0.39 is 11.7 Å². The van der Waals surface area contributed by atoms with E-state index in [-0.39, 0.29) is 18.2 Å². The lowest BCUT2D eigenvalue weighted by Crippen LogP contribution is -2.24. The zero-order chi connectivity index (χ0) is 28.7. The van der Waals surface area contributed by atoms with Crippen molar-refractivity contribution in [3.8, 4) is 11.4 Å². The van der Waals surface area contributed by atoms with E-state index in [1.165, 1.54) is 17.8 Å². The molecular formula is C28H25Cl2F3N4O2S. The molecule has 4 aromatic rings. The van der Waals surface area contributed by atoms with Crippen LogP contribution in [0.25, 0.3) is 5.69 Å². The van der Waals surface area contributed by atoms with Crippen LogP contribution in [0.3, 0.4) is 0 Å². The minimum Gasteiger partial charge on any atom is -0.494 e.